The maximum atomic E-state index is 12.6. The predicted octanol–water partition coefficient (Wildman–Crippen LogP) is 0.903. The van der Waals surface area contributed by atoms with Gasteiger partial charge in [-0.3, -0.25) is 19.7 Å². The molecule has 0 radical (unpaired) electrons. The Labute approximate surface area is 152 Å². The number of hydrazone groups is 1. The fourth-order valence-corrected chi connectivity index (χ4v) is 2.35. The van der Waals surface area contributed by atoms with Crippen LogP contribution in [-0.4, -0.2) is 37.1 Å². The molecule has 10 heteroatoms. The van der Waals surface area contributed by atoms with Gasteiger partial charge in [0.2, 0.25) is 5.91 Å². The average Bonchev–Trinajstić information content (AvgIpc) is 3.19. The molecule has 27 heavy (non-hydrogen) atoms. The molecule has 10 nitrogen and oxygen atoms in total. The lowest BCUT2D eigenvalue weighted by Gasteiger charge is -2.28. The standard InChI is InChI=1S/C17H14N4O6/c1-26-11-5-2-4-10(8-11)21-16(24)12(14(22)19-17(21)25)9-18-20-15(23)13-6-3-7-27-13/h2-9,12H,1H3,(H,20,23)(H,19,22,25)/b18-9-/t12-/m0/s1. The lowest BCUT2D eigenvalue weighted by atomic mass is 10.1. The number of anilines is 1. The van der Waals surface area contributed by atoms with Crippen LogP contribution in [0.5, 0.6) is 5.75 Å². The zero-order chi connectivity index (χ0) is 19.4. The summed E-state index contributed by atoms with van der Waals surface area (Å²) in [7, 11) is 1.44. The Morgan fingerprint density at radius 1 is 1.30 bits per heavy atom. The van der Waals surface area contributed by atoms with E-state index in [1.807, 2.05) is 0 Å². The lowest BCUT2D eigenvalue weighted by molar-refractivity contribution is -0.131. The van der Waals surface area contributed by atoms with E-state index in [0.29, 0.717) is 5.75 Å². The van der Waals surface area contributed by atoms with Gasteiger partial charge in [-0.2, -0.15) is 5.10 Å². The number of hydrogen-bond acceptors (Lipinski definition) is 7. The van der Waals surface area contributed by atoms with Gasteiger partial charge in [0.05, 0.1) is 19.1 Å². The van der Waals surface area contributed by atoms with Crippen LogP contribution in [0.25, 0.3) is 0 Å². The molecule has 2 N–H and O–H groups in total. The van der Waals surface area contributed by atoms with Crippen molar-refractivity contribution in [2.24, 2.45) is 11.0 Å². The number of nitrogens with zero attached hydrogens (tertiary/aromatic N) is 2. The maximum Gasteiger partial charge on any atom is 0.335 e. The van der Waals surface area contributed by atoms with Crippen molar-refractivity contribution in [2.75, 3.05) is 12.0 Å². The highest BCUT2D eigenvalue weighted by atomic mass is 16.5. The average molecular weight is 370 g/mol. The van der Waals surface area contributed by atoms with E-state index >= 15 is 0 Å². The summed E-state index contributed by atoms with van der Waals surface area (Å²) in [6.07, 6.45) is 2.26. The molecule has 0 saturated carbocycles. The molecule has 2 heterocycles. The molecule has 2 aromatic rings. The number of carbonyl (C=O) groups is 4. The van der Waals surface area contributed by atoms with E-state index in [0.717, 1.165) is 11.1 Å². The van der Waals surface area contributed by atoms with E-state index in [1.54, 1.807) is 12.1 Å². The zero-order valence-electron chi connectivity index (χ0n) is 14.0. The Balaban J connectivity index is 1.78. The SMILES string of the molecule is COc1cccc(N2C(=O)NC(=O)[C@H](/C=N\NC(=O)c3ccco3)C2=O)c1. The number of hydrogen-bond donors (Lipinski definition) is 2. The molecule has 1 aromatic carbocycles. The van der Waals surface area contributed by atoms with Crippen LogP contribution in [0.15, 0.2) is 52.2 Å². The summed E-state index contributed by atoms with van der Waals surface area (Å²) in [6, 6.07) is 8.29. The third-order valence-corrected chi connectivity index (χ3v) is 3.65. The minimum atomic E-state index is -1.40. The number of furan rings is 1. The zero-order valence-corrected chi connectivity index (χ0v) is 14.0. The first-order valence-corrected chi connectivity index (χ1v) is 7.71. The van der Waals surface area contributed by atoms with Gasteiger partial charge in [0.15, 0.2) is 11.7 Å². The van der Waals surface area contributed by atoms with Crippen molar-refractivity contribution >= 4 is 35.7 Å². The van der Waals surface area contributed by atoms with Crippen LogP contribution in [0.1, 0.15) is 10.6 Å². The van der Waals surface area contributed by atoms with Crippen molar-refractivity contribution in [2.45, 2.75) is 0 Å². The van der Waals surface area contributed by atoms with E-state index in [-0.39, 0.29) is 11.4 Å². The molecule has 5 amide bonds. The van der Waals surface area contributed by atoms with Crippen LogP contribution in [0, 0.1) is 5.92 Å². The fourth-order valence-electron chi connectivity index (χ4n) is 2.35. The molecular weight excluding hydrogens is 356 g/mol. The van der Waals surface area contributed by atoms with Crippen molar-refractivity contribution in [3.63, 3.8) is 0 Å². The molecule has 0 aliphatic carbocycles. The number of urea groups is 1. The highest BCUT2D eigenvalue weighted by Gasteiger charge is 2.40. The number of rotatable bonds is 5. The third kappa shape index (κ3) is 3.68. The summed E-state index contributed by atoms with van der Waals surface area (Å²) < 4.78 is 9.97. The van der Waals surface area contributed by atoms with E-state index in [1.165, 1.54) is 37.6 Å². The summed E-state index contributed by atoms with van der Waals surface area (Å²) >= 11 is 0. The molecule has 1 aliphatic rings. The number of carbonyl (C=O) groups excluding carboxylic acids is 4. The highest BCUT2D eigenvalue weighted by molar-refractivity contribution is 6.32. The smallest absolute Gasteiger partial charge is 0.335 e. The van der Waals surface area contributed by atoms with E-state index < -0.39 is 29.7 Å². The Kier molecular flexibility index (Phi) is 4.97. The first-order chi connectivity index (χ1) is 13.0. The van der Waals surface area contributed by atoms with Crippen LogP contribution in [0.4, 0.5) is 10.5 Å². The van der Waals surface area contributed by atoms with E-state index in [9.17, 15) is 19.2 Å². The first kappa shape index (κ1) is 17.9. The summed E-state index contributed by atoms with van der Waals surface area (Å²) in [5, 5.41) is 5.69. The maximum absolute atomic E-state index is 12.6. The number of benzene rings is 1. The second-order valence-corrected chi connectivity index (χ2v) is 5.34. The van der Waals surface area contributed by atoms with Crippen molar-refractivity contribution in [3.8, 4) is 5.75 Å². The Bertz CT molecular complexity index is 921. The fraction of sp³-hybridized carbons (Fsp3) is 0.118. The predicted molar refractivity (Wildman–Crippen MR) is 92.2 cm³/mol. The van der Waals surface area contributed by atoms with Gasteiger partial charge in [-0.05, 0) is 24.3 Å². The number of amides is 5. The molecular formula is C17H14N4O6. The summed E-state index contributed by atoms with van der Waals surface area (Å²) in [6.45, 7) is 0. The molecule has 0 bridgehead atoms. The van der Waals surface area contributed by atoms with E-state index in [2.05, 4.69) is 15.8 Å². The topological polar surface area (TPSA) is 130 Å². The van der Waals surface area contributed by atoms with Gasteiger partial charge >= 0.3 is 11.9 Å². The van der Waals surface area contributed by atoms with Gasteiger partial charge in [-0.1, -0.05) is 6.07 Å². The van der Waals surface area contributed by atoms with Gasteiger partial charge in [0.25, 0.3) is 5.91 Å². The van der Waals surface area contributed by atoms with Crippen LogP contribution in [0.2, 0.25) is 0 Å². The highest BCUT2D eigenvalue weighted by Crippen LogP contribution is 2.24. The van der Waals surface area contributed by atoms with Gasteiger partial charge in [-0.25, -0.2) is 15.1 Å². The molecule has 0 spiro atoms. The first-order valence-electron chi connectivity index (χ1n) is 7.71. The molecule has 1 saturated heterocycles. The Morgan fingerprint density at radius 2 is 2.11 bits per heavy atom. The minimum absolute atomic E-state index is 0.0137. The number of ether oxygens (including phenoxy) is 1. The molecule has 1 fully saturated rings. The molecule has 3 rings (SSSR count). The molecule has 1 aliphatic heterocycles. The van der Waals surface area contributed by atoms with Crippen LogP contribution in [0.3, 0.4) is 0 Å². The van der Waals surface area contributed by atoms with Gasteiger partial charge in [-0.15, -0.1) is 0 Å². The molecule has 0 unspecified atom stereocenters. The van der Waals surface area contributed by atoms with Crippen molar-refractivity contribution in [1.82, 2.24) is 10.7 Å². The molecule has 1 aromatic heterocycles. The number of methoxy groups -OCH3 is 1. The van der Waals surface area contributed by atoms with Crippen LogP contribution in [-0.2, 0) is 9.59 Å². The Hall–Kier alpha value is -3.95. The summed E-state index contributed by atoms with van der Waals surface area (Å²) in [5.74, 6) is -3.26. The quantitative estimate of drug-likeness (QED) is 0.457. The second-order valence-electron chi connectivity index (χ2n) is 5.34. The minimum Gasteiger partial charge on any atom is -0.497 e. The number of barbiturate groups is 1. The largest absolute Gasteiger partial charge is 0.497 e. The molecule has 1 atom stereocenters. The monoisotopic (exact) mass is 370 g/mol. The lowest BCUT2D eigenvalue weighted by Crippen LogP contribution is -2.58. The van der Waals surface area contributed by atoms with Crippen LogP contribution < -0.4 is 20.4 Å². The van der Waals surface area contributed by atoms with Gasteiger partial charge in [0, 0.05) is 12.3 Å². The number of imide groups is 2. The third-order valence-electron chi connectivity index (χ3n) is 3.65. The van der Waals surface area contributed by atoms with Crippen molar-refractivity contribution in [3.05, 3.63) is 48.4 Å². The van der Waals surface area contributed by atoms with Crippen molar-refractivity contribution < 1.29 is 28.3 Å². The second kappa shape index (κ2) is 7.52. The van der Waals surface area contributed by atoms with Crippen LogP contribution >= 0.6 is 0 Å². The Morgan fingerprint density at radius 3 is 2.81 bits per heavy atom. The number of nitrogens with one attached hydrogen (secondary N) is 2. The van der Waals surface area contributed by atoms with Crippen molar-refractivity contribution in [1.29, 1.82) is 0 Å². The van der Waals surface area contributed by atoms with Gasteiger partial charge in [0.1, 0.15) is 5.75 Å². The van der Waals surface area contributed by atoms with Gasteiger partial charge < -0.3 is 9.15 Å². The normalized spacial score (nSPS) is 17.1. The summed E-state index contributed by atoms with van der Waals surface area (Å²) in [4.78, 5) is 49.3. The van der Waals surface area contributed by atoms with E-state index in [4.69, 9.17) is 9.15 Å². The summed E-state index contributed by atoms with van der Waals surface area (Å²) in [5.41, 5.74) is 2.36. The molecule has 138 valence electrons.